The minimum absolute atomic E-state index is 0.0952. The van der Waals surface area contributed by atoms with Crippen LogP contribution in [0.4, 0.5) is 4.39 Å². The third-order valence-corrected chi connectivity index (χ3v) is 3.75. The number of aryl methyl sites for hydroxylation is 1. The van der Waals surface area contributed by atoms with Gasteiger partial charge in [-0.25, -0.2) is 4.39 Å². The van der Waals surface area contributed by atoms with E-state index in [-0.39, 0.29) is 5.82 Å². The summed E-state index contributed by atoms with van der Waals surface area (Å²) in [6.07, 6.45) is 1.20. The lowest BCUT2D eigenvalue weighted by atomic mass is 9.89. The molecule has 1 N–H and O–H groups in total. The molecule has 1 atom stereocenters. The minimum atomic E-state index is -0.0952. The topological polar surface area (TPSA) is 15.3 Å². The predicted octanol–water partition coefficient (Wildman–Crippen LogP) is 2.57. The maximum absolute atomic E-state index is 13.7. The molecule has 1 heterocycles. The summed E-state index contributed by atoms with van der Waals surface area (Å²) in [7, 11) is 2.07. The van der Waals surface area contributed by atoms with Crippen LogP contribution in [0.3, 0.4) is 0 Å². The third kappa shape index (κ3) is 3.30. The molecule has 0 aromatic heterocycles. The Morgan fingerprint density at radius 2 is 2.22 bits per heavy atom. The second kappa shape index (κ2) is 5.37. The summed E-state index contributed by atoms with van der Waals surface area (Å²) in [6.45, 7) is 8.16. The lowest BCUT2D eigenvalue weighted by Crippen LogP contribution is -2.34. The molecule has 1 aromatic carbocycles. The van der Waals surface area contributed by atoms with Crippen LogP contribution >= 0.6 is 0 Å². The molecular weight excluding hydrogens is 227 g/mol. The first kappa shape index (κ1) is 13.5. The van der Waals surface area contributed by atoms with Crippen LogP contribution in [0.2, 0.25) is 0 Å². The van der Waals surface area contributed by atoms with E-state index in [0.29, 0.717) is 12.0 Å². The Morgan fingerprint density at radius 1 is 1.44 bits per heavy atom. The molecule has 0 amide bonds. The van der Waals surface area contributed by atoms with Crippen molar-refractivity contribution in [3.63, 3.8) is 0 Å². The van der Waals surface area contributed by atoms with Gasteiger partial charge in [-0.3, -0.25) is 0 Å². The Kier molecular flexibility index (Phi) is 4.03. The molecule has 0 spiro atoms. The summed E-state index contributed by atoms with van der Waals surface area (Å²) in [4.78, 5) is 2.23. The SMILES string of the molecule is Cc1ccc(F)c(CN(C)CC2(C)CCNC2)c1. The van der Waals surface area contributed by atoms with Crippen molar-refractivity contribution in [2.45, 2.75) is 26.8 Å². The van der Waals surface area contributed by atoms with Crippen molar-refractivity contribution in [1.29, 1.82) is 0 Å². The smallest absolute Gasteiger partial charge is 0.127 e. The highest BCUT2D eigenvalue weighted by molar-refractivity contribution is 5.23. The number of benzene rings is 1. The third-order valence-electron chi connectivity index (χ3n) is 3.75. The van der Waals surface area contributed by atoms with Gasteiger partial charge in [0.05, 0.1) is 0 Å². The highest BCUT2D eigenvalue weighted by Crippen LogP contribution is 2.26. The van der Waals surface area contributed by atoms with Gasteiger partial charge in [0.25, 0.3) is 0 Å². The average Bonchev–Trinajstić information content (AvgIpc) is 2.70. The Bertz CT molecular complexity index is 411. The van der Waals surface area contributed by atoms with Crippen molar-refractivity contribution in [1.82, 2.24) is 10.2 Å². The lowest BCUT2D eigenvalue weighted by molar-refractivity contribution is 0.201. The van der Waals surface area contributed by atoms with Crippen LogP contribution in [-0.4, -0.2) is 31.6 Å². The highest BCUT2D eigenvalue weighted by atomic mass is 19.1. The highest BCUT2D eigenvalue weighted by Gasteiger charge is 2.29. The molecule has 1 unspecified atom stereocenters. The molecule has 1 fully saturated rings. The summed E-state index contributed by atoms with van der Waals surface area (Å²) in [5.41, 5.74) is 2.25. The Hall–Kier alpha value is -0.930. The second-order valence-corrected chi connectivity index (χ2v) is 6.00. The lowest BCUT2D eigenvalue weighted by Gasteiger charge is -2.29. The van der Waals surface area contributed by atoms with Crippen LogP contribution in [0.15, 0.2) is 18.2 Å². The summed E-state index contributed by atoms with van der Waals surface area (Å²) >= 11 is 0. The Balaban J connectivity index is 1.98. The van der Waals surface area contributed by atoms with Crippen molar-refractivity contribution in [3.8, 4) is 0 Å². The van der Waals surface area contributed by atoms with Gasteiger partial charge in [0, 0.05) is 25.2 Å². The first-order valence-corrected chi connectivity index (χ1v) is 6.63. The van der Waals surface area contributed by atoms with Crippen LogP contribution in [0.5, 0.6) is 0 Å². The van der Waals surface area contributed by atoms with Gasteiger partial charge in [-0.1, -0.05) is 24.6 Å². The summed E-state index contributed by atoms with van der Waals surface area (Å²) in [5, 5.41) is 3.40. The number of halogens is 1. The molecule has 0 bridgehead atoms. The van der Waals surface area contributed by atoms with Crippen molar-refractivity contribution in [3.05, 3.63) is 35.1 Å². The van der Waals surface area contributed by atoms with Crippen LogP contribution in [0, 0.1) is 18.2 Å². The van der Waals surface area contributed by atoms with Crippen LogP contribution in [-0.2, 0) is 6.54 Å². The molecule has 2 nitrogen and oxygen atoms in total. The van der Waals surface area contributed by atoms with Crippen LogP contribution in [0.25, 0.3) is 0 Å². The Labute approximate surface area is 109 Å². The normalized spacial score (nSPS) is 23.8. The second-order valence-electron chi connectivity index (χ2n) is 6.00. The van der Waals surface area contributed by atoms with Gasteiger partial charge in [0.2, 0.25) is 0 Å². The molecule has 1 aromatic rings. The minimum Gasteiger partial charge on any atom is -0.316 e. The Morgan fingerprint density at radius 3 is 2.89 bits per heavy atom. The fraction of sp³-hybridized carbons (Fsp3) is 0.600. The van der Waals surface area contributed by atoms with E-state index >= 15 is 0 Å². The molecular formula is C15H23FN2. The van der Waals surface area contributed by atoms with Gasteiger partial charge in [-0.15, -0.1) is 0 Å². The van der Waals surface area contributed by atoms with E-state index in [1.54, 1.807) is 6.07 Å². The van der Waals surface area contributed by atoms with Crippen LogP contribution < -0.4 is 5.32 Å². The summed E-state index contributed by atoms with van der Waals surface area (Å²) in [6, 6.07) is 5.33. The zero-order valence-corrected chi connectivity index (χ0v) is 11.6. The molecule has 0 radical (unpaired) electrons. The zero-order valence-electron chi connectivity index (χ0n) is 11.6. The number of nitrogens with one attached hydrogen (secondary N) is 1. The van der Waals surface area contributed by atoms with Gasteiger partial charge in [-0.05, 0) is 38.4 Å². The zero-order chi connectivity index (χ0) is 13.2. The fourth-order valence-electron chi connectivity index (χ4n) is 2.83. The summed E-state index contributed by atoms with van der Waals surface area (Å²) < 4.78 is 13.7. The quantitative estimate of drug-likeness (QED) is 0.883. The van der Waals surface area contributed by atoms with Gasteiger partial charge in [0.15, 0.2) is 0 Å². The van der Waals surface area contributed by atoms with Gasteiger partial charge < -0.3 is 10.2 Å². The van der Waals surface area contributed by atoms with E-state index in [1.165, 1.54) is 6.42 Å². The molecule has 100 valence electrons. The molecule has 1 aliphatic rings. The predicted molar refractivity (Wildman–Crippen MR) is 73.1 cm³/mol. The number of hydrogen-bond donors (Lipinski definition) is 1. The van der Waals surface area contributed by atoms with Crippen molar-refractivity contribution in [2.24, 2.45) is 5.41 Å². The summed E-state index contributed by atoms with van der Waals surface area (Å²) in [5.74, 6) is -0.0952. The molecule has 0 saturated carbocycles. The maximum Gasteiger partial charge on any atom is 0.127 e. The van der Waals surface area contributed by atoms with E-state index < -0.39 is 0 Å². The molecule has 1 aliphatic heterocycles. The first-order valence-electron chi connectivity index (χ1n) is 6.63. The number of nitrogens with zero attached hydrogens (tertiary/aromatic N) is 1. The van der Waals surface area contributed by atoms with Gasteiger partial charge >= 0.3 is 0 Å². The van der Waals surface area contributed by atoms with E-state index in [0.717, 1.165) is 30.8 Å². The van der Waals surface area contributed by atoms with E-state index in [1.807, 2.05) is 19.1 Å². The molecule has 18 heavy (non-hydrogen) atoms. The molecule has 1 saturated heterocycles. The van der Waals surface area contributed by atoms with Crippen LogP contribution in [0.1, 0.15) is 24.5 Å². The van der Waals surface area contributed by atoms with Crippen molar-refractivity contribution < 1.29 is 4.39 Å². The van der Waals surface area contributed by atoms with E-state index in [9.17, 15) is 4.39 Å². The van der Waals surface area contributed by atoms with E-state index in [2.05, 4.69) is 24.2 Å². The maximum atomic E-state index is 13.7. The molecule has 2 rings (SSSR count). The first-order chi connectivity index (χ1) is 8.48. The van der Waals surface area contributed by atoms with Crippen molar-refractivity contribution >= 4 is 0 Å². The van der Waals surface area contributed by atoms with Gasteiger partial charge in [0.1, 0.15) is 5.82 Å². The number of rotatable bonds is 4. The van der Waals surface area contributed by atoms with Crippen molar-refractivity contribution in [2.75, 3.05) is 26.7 Å². The monoisotopic (exact) mass is 250 g/mol. The average molecular weight is 250 g/mol. The van der Waals surface area contributed by atoms with Gasteiger partial charge in [-0.2, -0.15) is 0 Å². The standard InChI is InChI=1S/C15H23FN2/c1-12-4-5-14(16)13(8-12)9-18(3)11-15(2)6-7-17-10-15/h4-5,8,17H,6-7,9-11H2,1-3H3. The van der Waals surface area contributed by atoms with E-state index in [4.69, 9.17) is 0 Å². The fourth-order valence-corrected chi connectivity index (χ4v) is 2.83. The number of hydrogen-bond acceptors (Lipinski definition) is 2. The molecule has 0 aliphatic carbocycles. The largest absolute Gasteiger partial charge is 0.316 e. The molecule has 3 heteroatoms.